The van der Waals surface area contributed by atoms with Gasteiger partial charge in [0.15, 0.2) is 0 Å². The van der Waals surface area contributed by atoms with Gasteiger partial charge in [-0.1, -0.05) is 84.4 Å². The number of benzene rings is 4. The predicted octanol–water partition coefficient (Wildman–Crippen LogP) is 8.67. The van der Waals surface area contributed by atoms with Gasteiger partial charge in [-0.3, -0.25) is 9.59 Å². The molecule has 0 saturated carbocycles. The standard InChI is InChI=1S/C45H51N5O3S/c1-53-42-16-5-9-35(27-42)28-44(51)50(31-37-11-4-14-40(26-37)43-32-54-48-47-43)30-36-10-3-12-38(25-36)39-13-6-15-41(29-39)45(52)49-23-19-34(20-24-49)8-2-7-33-17-21-46-22-18-33/h3-6,9-16,25-27,29,32-34,46H,2,7-8,17-24,28,30-31H2,1H3. The summed E-state index contributed by atoms with van der Waals surface area (Å²) in [6, 6.07) is 32.2. The molecule has 0 spiro atoms. The van der Waals surface area contributed by atoms with Crippen LogP contribution in [0.15, 0.2) is 102 Å². The first-order chi connectivity index (χ1) is 26.5. The van der Waals surface area contributed by atoms with Gasteiger partial charge < -0.3 is 19.9 Å². The van der Waals surface area contributed by atoms with Crippen LogP contribution < -0.4 is 10.1 Å². The fraction of sp³-hybridized carbons (Fsp3) is 0.378. The van der Waals surface area contributed by atoms with Crippen molar-refractivity contribution in [3.05, 3.63) is 125 Å². The maximum absolute atomic E-state index is 14.0. The van der Waals surface area contributed by atoms with E-state index in [0.29, 0.717) is 13.1 Å². The molecule has 8 nitrogen and oxygen atoms in total. The Hall–Kier alpha value is -4.86. The number of amides is 2. The third-order valence-electron chi connectivity index (χ3n) is 11.1. The van der Waals surface area contributed by atoms with Crippen LogP contribution in [-0.4, -0.2) is 64.5 Å². The number of likely N-dealkylation sites (tertiary alicyclic amines) is 1. The topological polar surface area (TPSA) is 87.7 Å². The Morgan fingerprint density at radius 3 is 2.11 bits per heavy atom. The highest BCUT2D eigenvalue weighted by molar-refractivity contribution is 7.03. The van der Waals surface area contributed by atoms with Gasteiger partial charge in [0.1, 0.15) is 11.4 Å². The summed E-state index contributed by atoms with van der Waals surface area (Å²) >= 11 is 1.32. The van der Waals surface area contributed by atoms with Crippen LogP contribution in [0, 0.1) is 11.8 Å². The lowest BCUT2D eigenvalue weighted by atomic mass is 9.87. The quantitative estimate of drug-likeness (QED) is 0.123. The Morgan fingerprint density at radius 2 is 1.41 bits per heavy atom. The van der Waals surface area contributed by atoms with Crippen LogP contribution in [0.5, 0.6) is 5.75 Å². The Kier molecular flexibility index (Phi) is 12.8. The number of carbonyl (C=O) groups is 2. The molecule has 0 bridgehead atoms. The van der Waals surface area contributed by atoms with E-state index < -0.39 is 0 Å². The van der Waals surface area contributed by atoms with Crippen molar-refractivity contribution in [1.82, 2.24) is 24.7 Å². The second kappa shape index (κ2) is 18.5. The molecule has 7 rings (SSSR count). The fourth-order valence-electron chi connectivity index (χ4n) is 8.02. The summed E-state index contributed by atoms with van der Waals surface area (Å²) in [5.41, 5.74) is 7.49. The first-order valence-corrected chi connectivity index (χ1v) is 20.3. The van der Waals surface area contributed by atoms with Gasteiger partial charge in [-0.25, -0.2) is 0 Å². The van der Waals surface area contributed by atoms with Crippen LogP contribution in [0.4, 0.5) is 0 Å². The van der Waals surface area contributed by atoms with Gasteiger partial charge in [-0.2, -0.15) is 0 Å². The van der Waals surface area contributed by atoms with Crippen LogP contribution in [0.2, 0.25) is 0 Å². The first kappa shape index (κ1) is 37.5. The van der Waals surface area contributed by atoms with Gasteiger partial charge in [0, 0.05) is 42.7 Å². The lowest BCUT2D eigenvalue weighted by Crippen LogP contribution is -2.38. The third-order valence-corrected chi connectivity index (χ3v) is 11.6. The van der Waals surface area contributed by atoms with Gasteiger partial charge in [-0.05, 0) is 126 Å². The molecule has 2 aliphatic heterocycles. The highest BCUT2D eigenvalue weighted by atomic mass is 32.1. The van der Waals surface area contributed by atoms with E-state index in [-0.39, 0.29) is 18.2 Å². The molecule has 0 atom stereocenters. The van der Waals surface area contributed by atoms with Crippen molar-refractivity contribution in [2.75, 3.05) is 33.3 Å². The molecule has 0 unspecified atom stereocenters. The molecule has 2 fully saturated rings. The number of piperidine rings is 2. The van der Waals surface area contributed by atoms with Crippen LogP contribution in [0.3, 0.4) is 0 Å². The normalized spacial score (nSPS) is 15.2. The van der Waals surface area contributed by atoms with Crippen molar-refractivity contribution >= 4 is 23.3 Å². The Balaban J connectivity index is 1.02. The zero-order valence-corrected chi connectivity index (χ0v) is 32.1. The summed E-state index contributed by atoms with van der Waals surface area (Å²) < 4.78 is 9.45. The van der Waals surface area contributed by atoms with Crippen molar-refractivity contribution in [2.24, 2.45) is 11.8 Å². The number of rotatable bonds is 14. The second-order valence-corrected chi connectivity index (χ2v) is 15.5. The highest BCUT2D eigenvalue weighted by Crippen LogP contribution is 2.29. The lowest BCUT2D eigenvalue weighted by molar-refractivity contribution is -0.131. The van der Waals surface area contributed by atoms with Gasteiger partial charge in [-0.15, -0.1) is 5.10 Å². The van der Waals surface area contributed by atoms with Crippen molar-refractivity contribution < 1.29 is 14.3 Å². The number of ether oxygens (including phenoxy) is 1. The van der Waals surface area contributed by atoms with E-state index in [1.54, 1.807) is 7.11 Å². The number of carbonyl (C=O) groups excluding carboxylic acids is 2. The number of nitrogens with zero attached hydrogens (tertiary/aromatic N) is 4. The Bertz CT molecular complexity index is 1980. The van der Waals surface area contributed by atoms with Crippen LogP contribution in [-0.2, 0) is 24.3 Å². The maximum Gasteiger partial charge on any atom is 0.253 e. The number of nitrogens with one attached hydrogen (secondary N) is 1. The minimum atomic E-state index is 0.0209. The van der Waals surface area contributed by atoms with E-state index in [2.05, 4.69) is 45.2 Å². The number of aromatic nitrogens is 2. The molecule has 3 heterocycles. The van der Waals surface area contributed by atoms with Gasteiger partial charge in [0.2, 0.25) is 5.91 Å². The largest absolute Gasteiger partial charge is 0.497 e. The summed E-state index contributed by atoms with van der Waals surface area (Å²) in [4.78, 5) is 31.7. The molecule has 5 aromatic rings. The van der Waals surface area contributed by atoms with E-state index in [9.17, 15) is 9.59 Å². The minimum Gasteiger partial charge on any atom is -0.497 e. The fourth-order valence-corrected chi connectivity index (χ4v) is 8.48. The molecule has 280 valence electrons. The number of methoxy groups -OCH3 is 1. The van der Waals surface area contributed by atoms with Crippen LogP contribution >= 0.6 is 11.5 Å². The SMILES string of the molecule is COc1cccc(CC(=O)N(Cc2cccc(-c3cccc(C(=O)N4CCC(CCCC5CCNCC5)CC4)c3)c2)Cc2cccc(-c3csnn3)c2)c1. The summed E-state index contributed by atoms with van der Waals surface area (Å²) in [7, 11) is 1.64. The molecule has 2 saturated heterocycles. The zero-order chi connectivity index (χ0) is 37.1. The minimum absolute atomic E-state index is 0.0209. The van der Waals surface area contributed by atoms with E-state index in [1.807, 2.05) is 81.9 Å². The van der Waals surface area contributed by atoms with Crippen molar-refractivity contribution in [1.29, 1.82) is 0 Å². The van der Waals surface area contributed by atoms with Gasteiger partial charge in [0.25, 0.3) is 5.91 Å². The summed E-state index contributed by atoms with van der Waals surface area (Å²) in [5.74, 6) is 2.49. The number of hydrogen-bond donors (Lipinski definition) is 1. The molecular weight excluding hydrogens is 691 g/mol. The summed E-state index contributed by atoms with van der Waals surface area (Å²) in [6.07, 6.45) is 9.05. The second-order valence-electron chi connectivity index (χ2n) is 14.9. The molecule has 4 aromatic carbocycles. The first-order valence-electron chi connectivity index (χ1n) is 19.5. The molecule has 2 amide bonds. The molecule has 0 radical (unpaired) electrons. The molecule has 2 aliphatic rings. The Morgan fingerprint density at radius 1 is 0.778 bits per heavy atom. The van der Waals surface area contributed by atoms with E-state index in [4.69, 9.17) is 4.74 Å². The molecule has 1 aromatic heterocycles. The van der Waals surface area contributed by atoms with Crippen LogP contribution in [0.1, 0.15) is 72.0 Å². The average molecular weight is 742 g/mol. The predicted molar refractivity (Wildman–Crippen MR) is 216 cm³/mol. The zero-order valence-electron chi connectivity index (χ0n) is 31.3. The van der Waals surface area contributed by atoms with Gasteiger partial charge >= 0.3 is 0 Å². The lowest BCUT2D eigenvalue weighted by Gasteiger charge is -2.32. The van der Waals surface area contributed by atoms with Crippen molar-refractivity contribution in [3.8, 4) is 28.1 Å². The molecule has 1 N–H and O–H groups in total. The Labute approximate surface area is 323 Å². The average Bonchev–Trinajstić information content (AvgIpc) is 3.77. The maximum atomic E-state index is 14.0. The molecule has 9 heteroatoms. The van der Waals surface area contributed by atoms with Crippen molar-refractivity contribution in [2.45, 2.75) is 64.5 Å². The van der Waals surface area contributed by atoms with E-state index >= 15 is 0 Å². The van der Waals surface area contributed by atoms with E-state index in [1.165, 1.54) is 56.7 Å². The summed E-state index contributed by atoms with van der Waals surface area (Å²) in [6.45, 7) is 4.89. The molecular formula is C45H51N5O3S. The van der Waals surface area contributed by atoms with E-state index in [0.717, 1.165) is 88.2 Å². The summed E-state index contributed by atoms with van der Waals surface area (Å²) in [5, 5.41) is 9.64. The third kappa shape index (κ3) is 10.0. The van der Waals surface area contributed by atoms with Crippen LogP contribution in [0.25, 0.3) is 22.4 Å². The van der Waals surface area contributed by atoms with Crippen molar-refractivity contribution in [3.63, 3.8) is 0 Å². The number of hydrogen-bond acceptors (Lipinski definition) is 7. The molecule has 54 heavy (non-hydrogen) atoms. The monoisotopic (exact) mass is 741 g/mol. The van der Waals surface area contributed by atoms with Gasteiger partial charge in [0.05, 0.1) is 13.5 Å². The highest BCUT2D eigenvalue weighted by Gasteiger charge is 2.24. The molecule has 0 aliphatic carbocycles. The smallest absolute Gasteiger partial charge is 0.253 e.